The molecule has 1 radical (unpaired) electrons. The van der Waals surface area contributed by atoms with Gasteiger partial charge in [-0.05, 0) is 0 Å². The minimum absolute atomic E-state index is 0.917. The highest BCUT2D eigenvalue weighted by Crippen LogP contribution is 1.70. The van der Waals surface area contributed by atoms with E-state index in [-0.39, 0.29) is 0 Å². The van der Waals surface area contributed by atoms with Crippen LogP contribution < -0.4 is 0 Å². The first-order valence-electron chi connectivity index (χ1n) is 1.62. The lowest BCUT2D eigenvalue weighted by Gasteiger charge is -1.92. The van der Waals surface area contributed by atoms with E-state index >= 15 is 0 Å². The summed E-state index contributed by atoms with van der Waals surface area (Å²) in [6.07, 6.45) is 0. The molecule has 0 aliphatic rings. The molecule has 0 atom stereocenters. The lowest BCUT2D eigenvalue weighted by atomic mass is 10.4. The highest BCUT2D eigenvalue weighted by molar-refractivity contribution is 6.16. The van der Waals surface area contributed by atoms with E-state index in [1.807, 2.05) is 0 Å². The Morgan fingerprint density at radius 1 is 1.00 bits per heavy atom. The van der Waals surface area contributed by atoms with Crippen molar-refractivity contribution in [3.63, 3.8) is 0 Å². The molecule has 0 rings (SSSR count). The van der Waals surface area contributed by atoms with E-state index in [1.54, 1.807) is 0 Å². The first-order valence-corrected chi connectivity index (χ1v) is 1.62. The minimum atomic E-state index is 0.917. The summed E-state index contributed by atoms with van der Waals surface area (Å²) >= 11 is 0. The molecule has 0 heterocycles. The van der Waals surface area contributed by atoms with Gasteiger partial charge in [0.15, 0.2) is 0 Å². The topological polar surface area (TPSA) is 36.9 Å². The molecule has 0 fully saturated rings. The average molecular weight is 105 g/mol. The maximum absolute atomic E-state index is 4.10. The normalized spacial score (nSPS) is 8.86. The molecule has 0 spiro atoms. The third-order valence-electron chi connectivity index (χ3n) is 0.271. The molecule has 0 aliphatic carbocycles. The van der Waals surface area contributed by atoms with Crippen molar-refractivity contribution in [1.82, 2.24) is 0 Å². The van der Waals surface area contributed by atoms with Crippen LogP contribution in [0.1, 0.15) is 0 Å². The van der Waals surface area contributed by atoms with Crippen molar-refractivity contribution in [2.45, 2.75) is 0 Å². The van der Waals surface area contributed by atoms with Gasteiger partial charge in [0.25, 0.3) is 0 Å². The van der Waals surface area contributed by atoms with Gasteiger partial charge >= 0.3 is 7.69 Å². The van der Waals surface area contributed by atoms with Gasteiger partial charge in [0, 0.05) is 0 Å². The summed E-state index contributed by atoms with van der Waals surface area (Å²) in [5, 5.41) is 0. The van der Waals surface area contributed by atoms with Gasteiger partial charge in [0.1, 0.15) is 0 Å². The Hall–Kier alpha value is -0.0951. The summed E-state index contributed by atoms with van der Waals surface area (Å²) < 4.78 is 0. The second-order valence-electron chi connectivity index (χ2n) is 0.622. The second-order valence-corrected chi connectivity index (χ2v) is 0.622. The Labute approximate surface area is 42.5 Å². The zero-order valence-corrected chi connectivity index (χ0v) is 4.21. The predicted molar refractivity (Wildman–Crippen MR) is 21.9 cm³/mol. The molecule has 5 heteroatoms. The van der Waals surface area contributed by atoms with Crippen LogP contribution >= 0.6 is 0 Å². The maximum Gasteiger partial charge on any atom is 0.558 e. The van der Waals surface area contributed by atoms with E-state index < -0.39 is 0 Å². The fourth-order valence-corrected chi connectivity index (χ4v) is 0.0946. The van der Waals surface area contributed by atoms with Gasteiger partial charge in [-0.2, -0.15) is 0 Å². The Balaban J connectivity index is 2.45. The van der Waals surface area contributed by atoms with Crippen LogP contribution in [0.25, 0.3) is 0 Å². The van der Waals surface area contributed by atoms with Crippen LogP contribution in [0.15, 0.2) is 0 Å². The van der Waals surface area contributed by atoms with Gasteiger partial charge in [-0.25, -0.2) is 0 Å². The smallest absolute Gasteiger partial charge is 0.264 e. The highest BCUT2D eigenvalue weighted by atomic mass is 17.3. The molecule has 0 aliphatic heterocycles. The van der Waals surface area contributed by atoms with E-state index in [1.165, 1.54) is 14.2 Å². The van der Waals surface area contributed by atoms with Crippen LogP contribution in [-0.4, -0.2) is 21.9 Å². The van der Waals surface area contributed by atoms with Crippen LogP contribution in [0.3, 0.4) is 0 Å². The molecule has 0 bridgehead atoms. The van der Waals surface area contributed by atoms with E-state index in [0.717, 1.165) is 7.69 Å². The van der Waals surface area contributed by atoms with Crippen LogP contribution in [0.4, 0.5) is 0 Å². The summed E-state index contributed by atoms with van der Waals surface area (Å²) in [5.41, 5.74) is 0. The molecular weight excluding hydrogens is 98.8 g/mol. The van der Waals surface area contributed by atoms with Gasteiger partial charge in [-0.1, -0.05) is 0 Å². The summed E-state index contributed by atoms with van der Waals surface area (Å²) in [6, 6.07) is 0. The quantitative estimate of drug-likeness (QED) is 0.212. The van der Waals surface area contributed by atoms with E-state index in [2.05, 4.69) is 19.4 Å². The predicted octanol–water partition coefficient (Wildman–Crippen LogP) is -0.323. The molecule has 0 aromatic carbocycles. The molecule has 0 aromatic rings. The van der Waals surface area contributed by atoms with Crippen molar-refractivity contribution in [3.05, 3.63) is 0 Å². The van der Waals surface area contributed by atoms with Crippen molar-refractivity contribution in [2.75, 3.05) is 14.2 Å². The first-order chi connectivity index (χ1) is 3.41. The lowest BCUT2D eigenvalue weighted by molar-refractivity contribution is -0.248. The molecule has 41 valence electrons. The molecular formula is C2H6BO4. The third-order valence-corrected chi connectivity index (χ3v) is 0.271. The van der Waals surface area contributed by atoms with Gasteiger partial charge in [-0.3, -0.25) is 19.4 Å². The molecule has 0 saturated heterocycles. The molecule has 0 N–H and O–H groups in total. The standard InChI is InChI=1S/C2H6BO4/c1-4-6-3-7-5-2/h1-2H3. The number of rotatable bonds is 4. The highest BCUT2D eigenvalue weighted by Gasteiger charge is 1.88. The van der Waals surface area contributed by atoms with Gasteiger partial charge < -0.3 is 0 Å². The first kappa shape index (κ1) is 6.90. The Morgan fingerprint density at radius 2 is 1.43 bits per heavy atom. The number of hydrogen-bond acceptors (Lipinski definition) is 4. The molecule has 0 unspecified atom stereocenters. The fourth-order valence-electron chi connectivity index (χ4n) is 0.0946. The van der Waals surface area contributed by atoms with Crippen molar-refractivity contribution < 1.29 is 19.4 Å². The van der Waals surface area contributed by atoms with Crippen LogP contribution in [0.2, 0.25) is 0 Å². The van der Waals surface area contributed by atoms with E-state index in [9.17, 15) is 0 Å². The molecule has 7 heavy (non-hydrogen) atoms. The summed E-state index contributed by atoms with van der Waals surface area (Å²) in [7, 11) is 3.63. The van der Waals surface area contributed by atoms with Crippen LogP contribution in [0.5, 0.6) is 0 Å². The second kappa shape index (κ2) is 5.90. The molecule has 0 amide bonds. The Kier molecular flexibility index (Phi) is 5.82. The van der Waals surface area contributed by atoms with Crippen molar-refractivity contribution >= 4 is 7.69 Å². The molecule has 0 saturated carbocycles. The van der Waals surface area contributed by atoms with E-state index in [4.69, 9.17) is 0 Å². The fraction of sp³-hybridized carbons (Fsp3) is 1.00. The monoisotopic (exact) mass is 105 g/mol. The zero-order chi connectivity index (χ0) is 5.54. The average Bonchev–Trinajstić information content (AvgIpc) is 1.69. The maximum atomic E-state index is 4.10. The Bertz CT molecular complexity index is 28.9. The lowest BCUT2D eigenvalue weighted by Crippen LogP contribution is -2.01. The third kappa shape index (κ3) is 5.90. The van der Waals surface area contributed by atoms with Crippen LogP contribution in [-0.2, 0) is 19.4 Å². The minimum Gasteiger partial charge on any atom is -0.264 e. The summed E-state index contributed by atoms with van der Waals surface area (Å²) in [4.78, 5) is 16.4. The Morgan fingerprint density at radius 3 is 1.71 bits per heavy atom. The van der Waals surface area contributed by atoms with Crippen molar-refractivity contribution in [1.29, 1.82) is 0 Å². The largest absolute Gasteiger partial charge is 0.558 e. The van der Waals surface area contributed by atoms with Crippen LogP contribution in [0, 0.1) is 0 Å². The summed E-state index contributed by atoms with van der Waals surface area (Å²) in [5.74, 6) is 0. The van der Waals surface area contributed by atoms with Crippen molar-refractivity contribution in [2.24, 2.45) is 0 Å². The summed E-state index contributed by atoms with van der Waals surface area (Å²) in [6.45, 7) is 0. The van der Waals surface area contributed by atoms with Gasteiger partial charge in [0.05, 0.1) is 14.2 Å². The van der Waals surface area contributed by atoms with Gasteiger partial charge in [0.2, 0.25) is 0 Å². The van der Waals surface area contributed by atoms with Gasteiger partial charge in [-0.15, -0.1) is 0 Å². The zero-order valence-electron chi connectivity index (χ0n) is 4.21. The SMILES string of the molecule is COO[B]OOC. The molecule has 0 aromatic heterocycles. The number of hydrogen-bond donors (Lipinski definition) is 0. The van der Waals surface area contributed by atoms with E-state index in [0.29, 0.717) is 0 Å². The van der Waals surface area contributed by atoms with Crippen molar-refractivity contribution in [3.8, 4) is 0 Å². The molecule has 4 nitrogen and oxygen atoms in total.